The zero-order valence-electron chi connectivity index (χ0n) is 15.7. The standard InChI is InChI=1S/C19H34NOP/c1-14(2)10-16(11-15(3)4)13-20-18(21)17(22(8)9)12-19(5,6)7/h10-11,17H,1,12-13H2,2-9H3,(H,20,21)/b16-10+. The summed E-state index contributed by atoms with van der Waals surface area (Å²) in [7, 11) is -0.296. The number of rotatable bonds is 7. The van der Waals surface area contributed by atoms with Crippen molar-refractivity contribution in [3.05, 3.63) is 35.5 Å². The maximum absolute atomic E-state index is 12.6. The van der Waals surface area contributed by atoms with Gasteiger partial charge in [0.05, 0.1) is 5.66 Å². The summed E-state index contributed by atoms with van der Waals surface area (Å²) in [6, 6.07) is 0. The molecule has 3 heteroatoms. The second-order valence-electron chi connectivity index (χ2n) is 7.75. The average Bonchev–Trinajstić information content (AvgIpc) is 2.29. The first-order valence-corrected chi connectivity index (χ1v) is 10.2. The van der Waals surface area contributed by atoms with Crippen molar-refractivity contribution < 1.29 is 4.79 Å². The van der Waals surface area contributed by atoms with Gasteiger partial charge in [-0.15, -0.1) is 7.92 Å². The SMILES string of the molecule is C=C(C)/C=C(\C=C(C)C)CNC(=O)C(CC(C)(C)C)P(C)C. The van der Waals surface area contributed by atoms with Gasteiger partial charge in [-0.05, 0) is 51.5 Å². The molecule has 0 fully saturated rings. The summed E-state index contributed by atoms with van der Waals surface area (Å²) in [6.07, 6.45) is 5.07. The van der Waals surface area contributed by atoms with Crippen molar-refractivity contribution in [2.75, 3.05) is 19.9 Å². The van der Waals surface area contributed by atoms with Gasteiger partial charge in [-0.2, -0.15) is 0 Å². The topological polar surface area (TPSA) is 29.1 Å². The number of carbonyl (C=O) groups is 1. The fourth-order valence-electron chi connectivity index (χ4n) is 2.23. The lowest BCUT2D eigenvalue weighted by Gasteiger charge is -2.28. The Balaban J connectivity index is 4.93. The molecule has 1 amide bonds. The monoisotopic (exact) mass is 323 g/mol. The smallest absolute Gasteiger partial charge is 0.227 e. The normalized spacial score (nSPS) is 13.8. The van der Waals surface area contributed by atoms with Crippen LogP contribution in [0.4, 0.5) is 0 Å². The molecule has 0 aliphatic heterocycles. The largest absolute Gasteiger partial charge is 0.351 e. The molecule has 2 nitrogen and oxygen atoms in total. The maximum atomic E-state index is 12.6. The van der Waals surface area contributed by atoms with E-state index in [1.54, 1.807) is 0 Å². The second-order valence-corrected chi connectivity index (χ2v) is 10.3. The second kappa shape index (κ2) is 9.30. The van der Waals surface area contributed by atoms with Crippen LogP contribution < -0.4 is 5.32 Å². The van der Waals surface area contributed by atoms with E-state index in [-0.39, 0.29) is 24.9 Å². The molecule has 0 aliphatic rings. The molecular weight excluding hydrogens is 289 g/mol. The molecule has 126 valence electrons. The van der Waals surface area contributed by atoms with Crippen molar-refractivity contribution in [2.45, 2.75) is 53.6 Å². The minimum Gasteiger partial charge on any atom is -0.351 e. The minimum atomic E-state index is -0.296. The van der Waals surface area contributed by atoms with Gasteiger partial charge in [-0.1, -0.05) is 50.6 Å². The van der Waals surface area contributed by atoms with Crippen molar-refractivity contribution in [1.82, 2.24) is 5.32 Å². The summed E-state index contributed by atoms with van der Waals surface area (Å²) in [5.41, 5.74) is 3.62. The highest BCUT2D eigenvalue weighted by molar-refractivity contribution is 7.57. The van der Waals surface area contributed by atoms with Gasteiger partial charge in [0.2, 0.25) is 5.91 Å². The first-order chi connectivity index (χ1) is 9.92. The van der Waals surface area contributed by atoms with Crippen molar-refractivity contribution in [2.24, 2.45) is 5.41 Å². The first kappa shape index (κ1) is 21.1. The molecule has 0 saturated heterocycles. The van der Waals surface area contributed by atoms with E-state index in [2.05, 4.69) is 65.9 Å². The van der Waals surface area contributed by atoms with E-state index in [1.165, 1.54) is 5.57 Å². The van der Waals surface area contributed by atoms with Gasteiger partial charge in [0.1, 0.15) is 0 Å². The highest BCUT2D eigenvalue weighted by Gasteiger charge is 2.27. The van der Waals surface area contributed by atoms with Gasteiger partial charge < -0.3 is 5.32 Å². The highest BCUT2D eigenvalue weighted by atomic mass is 31.1. The number of carbonyl (C=O) groups excluding carboxylic acids is 1. The lowest BCUT2D eigenvalue weighted by molar-refractivity contribution is -0.121. The number of hydrogen-bond acceptors (Lipinski definition) is 1. The van der Waals surface area contributed by atoms with Crippen LogP contribution in [-0.2, 0) is 4.79 Å². The summed E-state index contributed by atoms with van der Waals surface area (Å²) in [5, 5.41) is 3.12. The Hall–Kier alpha value is -0.880. The zero-order valence-corrected chi connectivity index (χ0v) is 16.6. The molecule has 22 heavy (non-hydrogen) atoms. The van der Waals surface area contributed by atoms with Gasteiger partial charge in [0.25, 0.3) is 0 Å². The van der Waals surface area contributed by atoms with E-state index in [1.807, 2.05) is 13.0 Å². The molecule has 0 aromatic rings. The molecule has 1 unspecified atom stereocenters. The quantitative estimate of drug-likeness (QED) is 0.511. The molecule has 1 N–H and O–H groups in total. The first-order valence-electron chi connectivity index (χ1n) is 7.87. The highest BCUT2D eigenvalue weighted by Crippen LogP contribution is 2.39. The molecule has 0 saturated carbocycles. The Morgan fingerprint density at radius 2 is 1.73 bits per heavy atom. The molecule has 0 bridgehead atoms. The minimum absolute atomic E-state index is 0.118. The molecule has 0 rings (SSSR count). The zero-order chi connectivity index (χ0) is 17.5. The molecule has 0 spiro atoms. The van der Waals surface area contributed by atoms with Crippen LogP contribution in [0.5, 0.6) is 0 Å². The molecular formula is C19H34NOP. The van der Waals surface area contributed by atoms with E-state index < -0.39 is 0 Å². The fourth-order valence-corrected chi connectivity index (χ4v) is 3.70. The maximum Gasteiger partial charge on any atom is 0.227 e. The fraction of sp³-hybridized carbons (Fsp3) is 0.632. The Morgan fingerprint density at radius 1 is 1.18 bits per heavy atom. The van der Waals surface area contributed by atoms with Gasteiger partial charge in [0, 0.05) is 6.54 Å². The van der Waals surface area contributed by atoms with Gasteiger partial charge in [-0.25, -0.2) is 0 Å². The third kappa shape index (κ3) is 9.95. The Morgan fingerprint density at radius 3 is 2.09 bits per heavy atom. The van der Waals surface area contributed by atoms with E-state index in [0.29, 0.717) is 6.54 Å². The summed E-state index contributed by atoms with van der Waals surface area (Å²) >= 11 is 0. The van der Waals surface area contributed by atoms with Crippen LogP contribution in [0.1, 0.15) is 48.0 Å². The molecule has 0 aliphatic carbocycles. The number of nitrogens with one attached hydrogen (secondary N) is 1. The molecule has 0 heterocycles. The number of amides is 1. The third-order valence-electron chi connectivity index (χ3n) is 3.10. The summed E-state index contributed by atoms with van der Waals surface area (Å²) < 4.78 is 0. The van der Waals surface area contributed by atoms with E-state index >= 15 is 0 Å². The van der Waals surface area contributed by atoms with Crippen molar-refractivity contribution in [3.63, 3.8) is 0 Å². The van der Waals surface area contributed by atoms with E-state index in [4.69, 9.17) is 0 Å². The van der Waals surface area contributed by atoms with Crippen LogP contribution in [0.15, 0.2) is 35.5 Å². The average molecular weight is 323 g/mol. The Bertz CT molecular complexity index is 449. The molecule has 0 aromatic carbocycles. The predicted molar refractivity (Wildman–Crippen MR) is 102 cm³/mol. The number of allylic oxidation sites excluding steroid dienone is 3. The summed E-state index contributed by atoms with van der Waals surface area (Å²) in [4.78, 5) is 12.6. The van der Waals surface area contributed by atoms with Gasteiger partial charge >= 0.3 is 0 Å². The lowest BCUT2D eigenvalue weighted by atomic mass is 9.90. The van der Waals surface area contributed by atoms with Crippen LogP contribution in [-0.4, -0.2) is 31.4 Å². The van der Waals surface area contributed by atoms with Gasteiger partial charge in [0.15, 0.2) is 0 Å². The summed E-state index contributed by atoms with van der Waals surface area (Å²) in [6.45, 7) is 21.6. The molecule has 1 atom stereocenters. The van der Waals surface area contributed by atoms with Crippen molar-refractivity contribution in [3.8, 4) is 0 Å². The molecule has 0 aromatic heterocycles. The predicted octanol–water partition coefficient (Wildman–Crippen LogP) is 5.12. The van der Waals surface area contributed by atoms with Crippen LogP contribution in [0.25, 0.3) is 0 Å². The van der Waals surface area contributed by atoms with Gasteiger partial charge in [-0.3, -0.25) is 4.79 Å². The van der Waals surface area contributed by atoms with Crippen molar-refractivity contribution in [1.29, 1.82) is 0 Å². The van der Waals surface area contributed by atoms with Crippen LogP contribution in [0.2, 0.25) is 0 Å². The van der Waals surface area contributed by atoms with Crippen LogP contribution >= 0.6 is 7.92 Å². The Labute approximate surface area is 138 Å². The lowest BCUT2D eigenvalue weighted by Crippen LogP contribution is -2.36. The van der Waals surface area contributed by atoms with Crippen LogP contribution in [0, 0.1) is 5.41 Å². The number of hydrogen-bond donors (Lipinski definition) is 1. The van der Waals surface area contributed by atoms with E-state index in [9.17, 15) is 4.79 Å². The van der Waals surface area contributed by atoms with E-state index in [0.717, 1.165) is 17.6 Å². The molecule has 0 radical (unpaired) electrons. The van der Waals surface area contributed by atoms with Crippen molar-refractivity contribution >= 4 is 13.8 Å². The Kier molecular flexibility index (Phi) is 8.93. The van der Waals surface area contributed by atoms with Crippen LogP contribution in [0.3, 0.4) is 0 Å². The summed E-state index contributed by atoms with van der Waals surface area (Å²) in [5.74, 6) is 0.181. The third-order valence-corrected chi connectivity index (χ3v) is 4.77.